The van der Waals surface area contributed by atoms with Crippen molar-refractivity contribution in [2.75, 3.05) is 0 Å². The minimum Gasteiger partial charge on any atom is -0.294 e. The van der Waals surface area contributed by atoms with Gasteiger partial charge in [0.25, 0.3) is 0 Å². The van der Waals surface area contributed by atoms with Crippen LogP contribution < -0.4 is 0 Å². The molecule has 0 heterocycles. The third-order valence-corrected chi connectivity index (χ3v) is 13.5. The van der Waals surface area contributed by atoms with Crippen molar-refractivity contribution >= 4 is 31.2 Å². The summed E-state index contributed by atoms with van der Waals surface area (Å²) in [6, 6.07) is 16.5. The second kappa shape index (κ2) is 9.08. The van der Waals surface area contributed by atoms with E-state index in [0.29, 0.717) is 46.8 Å². The first-order valence-electron chi connectivity index (χ1n) is 13.7. The number of sulfone groups is 2. The summed E-state index contributed by atoms with van der Waals surface area (Å²) in [5.74, 6) is -0.509. The van der Waals surface area contributed by atoms with Crippen LogP contribution in [0.2, 0.25) is 0 Å². The van der Waals surface area contributed by atoms with Crippen molar-refractivity contribution in [1.82, 2.24) is 0 Å². The van der Waals surface area contributed by atoms with Crippen molar-refractivity contribution in [3.63, 3.8) is 0 Å². The molecule has 5 aliphatic rings. The molecule has 5 atom stereocenters. The van der Waals surface area contributed by atoms with E-state index < -0.39 is 30.7 Å². The van der Waals surface area contributed by atoms with Crippen LogP contribution in [-0.2, 0) is 29.3 Å². The first kappa shape index (κ1) is 25.6. The van der Waals surface area contributed by atoms with Crippen molar-refractivity contribution in [2.24, 2.45) is 23.7 Å². The number of benzene rings is 2. The Labute approximate surface area is 234 Å². The van der Waals surface area contributed by atoms with Gasteiger partial charge in [-0.15, -0.1) is 0 Å². The molecule has 2 saturated carbocycles. The summed E-state index contributed by atoms with van der Waals surface area (Å²) in [7, 11) is -7.48. The van der Waals surface area contributed by atoms with Crippen LogP contribution in [0, 0.1) is 23.7 Å². The molecule has 6 nitrogen and oxygen atoms in total. The van der Waals surface area contributed by atoms with Gasteiger partial charge in [-0.2, -0.15) is 0 Å². The maximum Gasteiger partial charge on any atom is 0.207 e. The number of ketones is 2. The molecule has 2 aromatic carbocycles. The summed E-state index contributed by atoms with van der Waals surface area (Å²) in [5.41, 5.74) is 2.05. The van der Waals surface area contributed by atoms with Crippen LogP contribution in [0.25, 0.3) is 0 Å². The van der Waals surface area contributed by atoms with Crippen molar-refractivity contribution in [3.8, 4) is 0 Å². The highest BCUT2D eigenvalue weighted by Crippen LogP contribution is 2.58. The predicted octanol–water partition coefficient (Wildman–Crippen LogP) is 4.96. The Morgan fingerprint density at radius 3 is 2.05 bits per heavy atom. The van der Waals surface area contributed by atoms with Gasteiger partial charge in [0.1, 0.15) is 0 Å². The van der Waals surface area contributed by atoms with E-state index in [1.54, 1.807) is 54.6 Å². The van der Waals surface area contributed by atoms with E-state index in [-0.39, 0.29) is 33.3 Å². The molecule has 0 aliphatic heterocycles. The average molecular weight is 573 g/mol. The van der Waals surface area contributed by atoms with Gasteiger partial charge in [-0.3, -0.25) is 9.59 Å². The third kappa shape index (κ3) is 3.79. The maximum atomic E-state index is 14.2. The lowest BCUT2D eigenvalue weighted by Gasteiger charge is -2.36. The number of Topliss-reactive ketones (excluding diaryl/α,β-unsaturated/α-hetero) is 1. The summed E-state index contributed by atoms with van der Waals surface area (Å²) in [6.07, 6.45) is 7.63. The molecule has 2 aromatic rings. The Bertz CT molecular complexity index is 1790. The summed E-state index contributed by atoms with van der Waals surface area (Å²) in [4.78, 5) is 27.3. The topological polar surface area (TPSA) is 102 Å². The summed E-state index contributed by atoms with van der Waals surface area (Å²) in [6.45, 7) is 0. The average Bonchev–Trinajstić information content (AvgIpc) is 3.51. The highest BCUT2D eigenvalue weighted by atomic mass is 32.2. The Morgan fingerprint density at radius 2 is 1.35 bits per heavy atom. The van der Waals surface area contributed by atoms with Crippen LogP contribution >= 0.6 is 0 Å². The van der Waals surface area contributed by atoms with Crippen LogP contribution in [0.1, 0.15) is 32.1 Å². The molecule has 40 heavy (non-hydrogen) atoms. The monoisotopic (exact) mass is 572 g/mol. The molecule has 0 bridgehead atoms. The Morgan fingerprint density at radius 1 is 0.675 bits per heavy atom. The minimum atomic E-state index is -3.97. The van der Waals surface area contributed by atoms with Gasteiger partial charge in [0.05, 0.1) is 19.9 Å². The summed E-state index contributed by atoms with van der Waals surface area (Å²) < 4.78 is 54.0. The molecule has 0 spiro atoms. The largest absolute Gasteiger partial charge is 0.294 e. The molecule has 0 N–H and O–H groups in total. The lowest BCUT2D eigenvalue weighted by molar-refractivity contribution is -0.122. The molecule has 0 saturated heterocycles. The fraction of sp³-hybridized carbons (Fsp3) is 0.312. The number of carbonyl (C=O) groups is 2. The van der Waals surface area contributed by atoms with Crippen LogP contribution in [0.4, 0.5) is 0 Å². The Kier molecular flexibility index (Phi) is 5.81. The number of fused-ring (bicyclic) bond motifs is 5. The SMILES string of the molecule is O=C1C=C2C(=CC3=C2C(=O)C2C(C3)CC3CCC(S(=O)(=O)c4ccccc4)CC32)C(S(=O)(=O)c2ccccc2)=C1. The number of hydrogen-bond acceptors (Lipinski definition) is 6. The Hall–Kier alpha value is -3.36. The highest BCUT2D eigenvalue weighted by molar-refractivity contribution is 7.95. The van der Waals surface area contributed by atoms with E-state index in [1.165, 1.54) is 18.2 Å². The fourth-order valence-electron chi connectivity index (χ4n) is 7.78. The van der Waals surface area contributed by atoms with Crippen molar-refractivity contribution < 1.29 is 26.4 Å². The quantitative estimate of drug-likeness (QED) is 0.513. The lowest BCUT2D eigenvalue weighted by Crippen LogP contribution is -2.37. The van der Waals surface area contributed by atoms with Crippen LogP contribution in [0.15, 0.2) is 116 Å². The molecule has 5 aliphatic carbocycles. The van der Waals surface area contributed by atoms with Gasteiger partial charge < -0.3 is 0 Å². The van der Waals surface area contributed by atoms with Crippen LogP contribution in [0.5, 0.6) is 0 Å². The van der Waals surface area contributed by atoms with Gasteiger partial charge in [-0.1, -0.05) is 36.4 Å². The number of hydrogen-bond donors (Lipinski definition) is 0. The van der Waals surface area contributed by atoms with Crippen molar-refractivity contribution in [1.29, 1.82) is 0 Å². The molecule has 5 unspecified atom stereocenters. The lowest BCUT2D eigenvalue weighted by atomic mass is 9.70. The number of rotatable bonds is 4. The molecule has 204 valence electrons. The van der Waals surface area contributed by atoms with E-state index in [9.17, 15) is 26.4 Å². The zero-order valence-electron chi connectivity index (χ0n) is 21.7. The van der Waals surface area contributed by atoms with Gasteiger partial charge in [0.15, 0.2) is 21.4 Å². The van der Waals surface area contributed by atoms with Crippen molar-refractivity contribution in [2.45, 2.75) is 47.1 Å². The normalized spacial score (nSPS) is 29.6. The minimum absolute atomic E-state index is 0.0456. The fourth-order valence-corrected chi connectivity index (χ4v) is 11.1. The Balaban J connectivity index is 1.20. The molecule has 7 rings (SSSR count). The second-order valence-corrected chi connectivity index (χ2v) is 15.7. The molecular formula is C32H28O6S2. The standard InChI is InChI=1S/C32H28O6S2/c33-22-16-28-27(29(17-22)40(37,38)24-9-5-2-6-10-24)15-21-14-20-13-19-11-12-25(18-26(19)30(20)32(34)31(21)28)39(35,36)23-7-3-1-4-8-23/h1-10,15-17,19-20,25-26,30H,11-14,18H2. The van der Waals surface area contributed by atoms with E-state index in [2.05, 4.69) is 0 Å². The van der Waals surface area contributed by atoms with Gasteiger partial charge in [0.2, 0.25) is 9.84 Å². The predicted molar refractivity (Wildman–Crippen MR) is 149 cm³/mol. The maximum absolute atomic E-state index is 14.2. The van der Waals surface area contributed by atoms with Crippen LogP contribution in [0.3, 0.4) is 0 Å². The summed E-state index contributed by atoms with van der Waals surface area (Å²) in [5, 5.41) is -0.531. The highest BCUT2D eigenvalue weighted by Gasteiger charge is 2.54. The van der Waals surface area contributed by atoms with E-state index in [4.69, 9.17) is 0 Å². The first-order chi connectivity index (χ1) is 19.2. The second-order valence-electron chi connectivity index (χ2n) is 11.6. The number of allylic oxidation sites excluding steroid dienone is 7. The summed E-state index contributed by atoms with van der Waals surface area (Å²) >= 11 is 0. The molecule has 0 radical (unpaired) electrons. The van der Waals surface area contributed by atoms with Crippen molar-refractivity contribution in [3.05, 3.63) is 106 Å². The van der Waals surface area contributed by atoms with Gasteiger partial charge >= 0.3 is 0 Å². The molecule has 0 amide bonds. The molecular weight excluding hydrogens is 544 g/mol. The van der Waals surface area contributed by atoms with Crippen LogP contribution in [-0.4, -0.2) is 33.7 Å². The molecule has 0 aromatic heterocycles. The smallest absolute Gasteiger partial charge is 0.207 e. The molecule has 8 heteroatoms. The van der Waals surface area contributed by atoms with E-state index in [1.807, 2.05) is 0 Å². The zero-order chi connectivity index (χ0) is 27.8. The van der Waals surface area contributed by atoms with Gasteiger partial charge in [-0.25, -0.2) is 16.8 Å². The van der Waals surface area contributed by atoms with Gasteiger partial charge in [0, 0.05) is 23.1 Å². The molecule has 2 fully saturated rings. The van der Waals surface area contributed by atoms with Gasteiger partial charge in [-0.05, 0) is 97.4 Å². The number of carbonyl (C=O) groups excluding carboxylic acids is 2. The first-order valence-corrected chi connectivity index (χ1v) is 16.8. The third-order valence-electron chi connectivity index (χ3n) is 9.48. The van der Waals surface area contributed by atoms with E-state index in [0.717, 1.165) is 24.5 Å². The van der Waals surface area contributed by atoms with E-state index >= 15 is 0 Å². The zero-order valence-corrected chi connectivity index (χ0v) is 23.3.